The number of nitrogens with zero attached hydrogens (tertiary/aromatic N) is 2. The number of hydrogen-bond acceptors (Lipinski definition) is 8. The molecule has 4 aromatic rings. The van der Waals surface area contributed by atoms with Crippen LogP contribution in [0.2, 0.25) is 0 Å². The molecule has 0 spiro atoms. The molecule has 8 heteroatoms. The van der Waals surface area contributed by atoms with Crippen molar-refractivity contribution >= 4 is 22.9 Å². The Balaban J connectivity index is 1.39. The van der Waals surface area contributed by atoms with E-state index in [0.29, 0.717) is 11.5 Å². The summed E-state index contributed by atoms with van der Waals surface area (Å²) in [5.41, 5.74) is 2.90. The Morgan fingerprint density at radius 3 is 2.54 bits per heavy atom. The van der Waals surface area contributed by atoms with Crippen LogP contribution in [0, 0.1) is 0 Å². The Morgan fingerprint density at radius 2 is 1.82 bits per heavy atom. The van der Waals surface area contributed by atoms with Gasteiger partial charge in [0, 0.05) is 17.2 Å². The zero-order valence-corrected chi connectivity index (χ0v) is 22.9. The second kappa shape index (κ2) is 11.5. The van der Waals surface area contributed by atoms with Gasteiger partial charge in [0.25, 0.3) is 0 Å². The van der Waals surface area contributed by atoms with Gasteiger partial charge in [0.15, 0.2) is 0 Å². The summed E-state index contributed by atoms with van der Waals surface area (Å²) in [6.45, 7) is 5.76. The molecule has 2 atom stereocenters. The van der Waals surface area contributed by atoms with Crippen LogP contribution in [0.4, 0.5) is 5.82 Å². The van der Waals surface area contributed by atoms with E-state index in [0.717, 1.165) is 59.3 Å². The van der Waals surface area contributed by atoms with Gasteiger partial charge in [-0.05, 0) is 57.2 Å². The predicted octanol–water partition coefficient (Wildman–Crippen LogP) is 6.65. The Morgan fingerprint density at radius 1 is 1.05 bits per heavy atom. The third-order valence-electron chi connectivity index (χ3n) is 7.31. The molecule has 39 heavy (non-hydrogen) atoms. The minimum atomic E-state index is -0.483. The van der Waals surface area contributed by atoms with Crippen LogP contribution in [0.3, 0.4) is 0 Å². The topological polar surface area (TPSA) is 95.7 Å². The quantitative estimate of drug-likeness (QED) is 0.228. The maximum absolute atomic E-state index is 12.2. The van der Waals surface area contributed by atoms with Gasteiger partial charge in [-0.25, -0.2) is 14.8 Å². The van der Waals surface area contributed by atoms with E-state index in [1.165, 1.54) is 6.33 Å². The molecule has 0 radical (unpaired) electrons. The van der Waals surface area contributed by atoms with Crippen LogP contribution in [0.5, 0.6) is 5.75 Å². The number of carbonyl (C=O) groups excluding carboxylic acids is 1. The second-order valence-electron chi connectivity index (χ2n) is 10.5. The number of anilines is 1. The lowest BCUT2D eigenvalue weighted by molar-refractivity contribution is -0.164. The second-order valence-corrected chi connectivity index (χ2v) is 10.5. The summed E-state index contributed by atoms with van der Waals surface area (Å²) < 4.78 is 23.1. The Kier molecular flexibility index (Phi) is 7.84. The molecular formula is C31H35N3O5. The maximum Gasteiger partial charge on any atom is 0.332 e. The molecular weight excluding hydrogens is 494 g/mol. The van der Waals surface area contributed by atoms with Crippen molar-refractivity contribution in [3.63, 3.8) is 0 Å². The molecule has 204 valence electrons. The zero-order valence-electron chi connectivity index (χ0n) is 22.9. The first kappa shape index (κ1) is 26.7. The molecule has 1 aliphatic rings. The van der Waals surface area contributed by atoms with Gasteiger partial charge in [-0.15, -0.1) is 0 Å². The molecule has 0 amide bonds. The number of methoxy groups -OCH3 is 1. The van der Waals surface area contributed by atoms with E-state index in [2.05, 4.69) is 15.3 Å². The summed E-state index contributed by atoms with van der Waals surface area (Å²) in [5.74, 6) is 1.90. The molecule has 1 N–H and O–H groups in total. The predicted molar refractivity (Wildman–Crippen MR) is 151 cm³/mol. The van der Waals surface area contributed by atoms with E-state index in [1.54, 1.807) is 7.11 Å². The van der Waals surface area contributed by atoms with E-state index in [4.69, 9.17) is 18.6 Å². The lowest BCUT2D eigenvalue weighted by Gasteiger charge is -2.23. The van der Waals surface area contributed by atoms with E-state index < -0.39 is 5.60 Å². The number of esters is 1. The van der Waals surface area contributed by atoms with Crippen molar-refractivity contribution in [3.8, 4) is 28.2 Å². The van der Waals surface area contributed by atoms with Gasteiger partial charge >= 0.3 is 5.97 Å². The summed E-state index contributed by atoms with van der Waals surface area (Å²) in [6, 6.07) is 18.1. The van der Waals surface area contributed by atoms with E-state index >= 15 is 0 Å². The van der Waals surface area contributed by atoms with Crippen molar-refractivity contribution in [2.45, 2.75) is 64.2 Å². The number of fused-ring (bicyclic) bond motifs is 1. The highest BCUT2D eigenvalue weighted by atomic mass is 16.6. The fourth-order valence-electron chi connectivity index (χ4n) is 4.88. The van der Waals surface area contributed by atoms with Crippen molar-refractivity contribution in [1.29, 1.82) is 0 Å². The van der Waals surface area contributed by atoms with Gasteiger partial charge in [0.2, 0.25) is 5.71 Å². The van der Waals surface area contributed by atoms with Gasteiger partial charge in [0.1, 0.15) is 35.9 Å². The van der Waals surface area contributed by atoms with Crippen LogP contribution in [0.25, 0.3) is 33.6 Å². The average molecular weight is 530 g/mol. The number of nitrogens with one attached hydrogen (secondary N) is 1. The van der Waals surface area contributed by atoms with Crippen molar-refractivity contribution in [3.05, 3.63) is 60.9 Å². The lowest BCUT2D eigenvalue weighted by atomic mass is 9.99. The van der Waals surface area contributed by atoms with Crippen LogP contribution in [0.1, 0.15) is 46.5 Å². The maximum atomic E-state index is 12.2. The Labute approximate surface area is 228 Å². The standard InChI is InChI=1S/C31H35N3O5/c1-5-31(2,3)39-25(35)18-37-24-16-13-22(17-24)34-29-27-26(20-11-14-23(36-4)15-12-20)28(21-9-7-6-8-10-21)38-30(27)33-19-32-29/h6-12,14-15,19,22,24H,5,13,16-18H2,1-4H3,(H,32,33,34)/t22-,24+/m1/s1. The molecule has 0 aliphatic heterocycles. The van der Waals surface area contributed by atoms with Crippen molar-refractivity contribution in [2.75, 3.05) is 19.0 Å². The molecule has 1 fully saturated rings. The summed E-state index contributed by atoms with van der Waals surface area (Å²) in [7, 11) is 1.65. The smallest absolute Gasteiger partial charge is 0.332 e. The average Bonchev–Trinajstić information content (AvgIpc) is 3.57. The summed E-state index contributed by atoms with van der Waals surface area (Å²) in [4.78, 5) is 21.3. The van der Waals surface area contributed by atoms with Crippen molar-refractivity contribution in [1.82, 2.24) is 9.97 Å². The lowest BCUT2D eigenvalue weighted by Crippen LogP contribution is -2.30. The fourth-order valence-corrected chi connectivity index (χ4v) is 4.88. The molecule has 2 heterocycles. The van der Waals surface area contributed by atoms with E-state index in [-0.39, 0.29) is 24.7 Å². The van der Waals surface area contributed by atoms with E-state index in [1.807, 2.05) is 75.4 Å². The van der Waals surface area contributed by atoms with Gasteiger partial charge in [-0.3, -0.25) is 0 Å². The van der Waals surface area contributed by atoms with E-state index in [9.17, 15) is 4.79 Å². The Hall–Kier alpha value is -3.91. The van der Waals surface area contributed by atoms with Crippen molar-refractivity contribution < 1.29 is 23.4 Å². The third kappa shape index (κ3) is 6.06. The highest BCUT2D eigenvalue weighted by molar-refractivity contribution is 6.05. The fraction of sp³-hybridized carbons (Fsp3) is 0.387. The van der Waals surface area contributed by atoms with Crippen LogP contribution in [0.15, 0.2) is 65.3 Å². The van der Waals surface area contributed by atoms with Gasteiger partial charge < -0.3 is 23.9 Å². The third-order valence-corrected chi connectivity index (χ3v) is 7.31. The van der Waals surface area contributed by atoms with Crippen LogP contribution >= 0.6 is 0 Å². The summed E-state index contributed by atoms with van der Waals surface area (Å²) in [6.07, 6.45) is 4.75. The number of hydrogen-bond donors (Lipinski definition) is 1. The van der Waals surface area contributed by atoms with Crippen molar-refractivity contribution in [2.24, 2.45) is 0 Å². The normalized spacial score (nSPS) is 17.3. The van der Waals surface area contributed by atoms with Gasteiger partial charge in [-0.1, -0.05) is 49.4 Å². The highest BCUT2D eigenvalue weighted by Crippen LogP contribution is 2.43. The first-order valence-electron chi connectivity index (χ1n) is 13.4. The molecule has 0 unspecified atom stereocenters. The minimum Gasteiger partial charge on any atom is -0.497 e. The van der Waals surface area contributed by atoms with Crippen LogP contribution < -0.4 is 10.1 Å². The summed E-state index contributed by atoms with van der Waals surface area (Å²) in [5, 5.41) is 4.44. The van der Waals surface area contributed by atoms with Gasteiger partial charge in [0.05, 0.1) is 18.6 Å². The molecule has 2 aromatic heterocycles. The van der Waals surface area contributed by atoms with Crippen LogP contribution in [-0.2, 0) is 14.3 Å². The SMILES string of the molecule is CCC(C)(C)OC(=O)CO[C@H]1CC[C@@H](Nc2ncnc3oc(-c4ccccc4)c(-c4ccc(OC)cc4)c23)C1. The Bertz CT molecular complexity index is 1420. The molecule has 0 bridgehead atoms. The molecule has 5 rings (SSSR count). The molecule has 0 saturated heterocycles. The molecule has 2 aromatic carbocycles. The number of furan rings is 1. The van der Waals surface area contributed by atoms with Crippen LogP contribution in [-0.4, -0.2) is 47.4 Å². The zero-order chi connectivity index (χ0) is 27.4. The summed E-state index contributed by atoms with van der Waals surface area (Å²) >= 11 is 0. The molecule has 1 saturated carbocycles. The van der Waals surface area contributed by atoms with Gasteiger partial charge in [-0.2, -0.15) is 0 Å². The molecule has 8 nitrogen and oxygen atoms in total. The first-order chi connectivity index (χ1) is 18.9. The number of carbonyl (C=O) groups is 1. The molecule has 1 aliphatic carbocycles. The minimum absolute atomic E-state index is 0.0256. The largest absolute Gasteiger partial charge is 0.497 e. The monoisotopic (exact) mass is 529 g/mol. The number of rotatable bonds is 10. The highest BCUT2D eigenvalue weighted by Gasteiger charge is 2.29. The number of aromatic nitrogens is 2. The first-order valence-corrected chi connectivity index (χ1v) is 13.4. The number of ether oxygens (including phenoxy) is 3. The number of benzene rings is 2.